The van der Waals surface area contributed by atoms with E-state index >= 15 is 0 Å². The summed E-state index contributed by atoms with van der Waals surface area (Å²) in [6.45, 7) is 6.32. The minimum absolute atomic E-state index is 0.0844. The van der Waals surface area contributed by atoms with Crippen LogP contribution in [0.4, 0.5) is 17.2 Å². The van der Waals surface area contributed by atoms with E-state index in [1.54, 1.807) is 15.8 Å². The Morgan fingerprint density at radius 2 is 1.87 bits per heavy atom. The second-order valence-corrected chi connectivity index (χ2v) is 11.8. The van der Waals surface area contributed by atoms with E-state index in [1.165, 1.54) is 10.6 Å². The fourth-order valence-corrected chi connectivity index (χ4v) is 5.82. The lowest BCUT2D eigenvalue weighted by atomic mass is 10.1. The van der Waals surface area contributed by atoms with E-state index in [0.717, 1.165) is 60.1 Å². The molecule has 0 bridgehead atoms. The predicted molar refractivity (Wildman–Crippen MR) is 148 cm³/mol. The molecule has 3 aromatic rings. The van der Waals surface area contributed by atoms with Crippen LogP contribution in [0, 0.1) is 6.92 Å². The van der Waals surface area contributed by atoms with E-state index in [1.807, 2.05) is 56.4 Å². The summed E-state index contributed by atoms with van der Waals surface area (Å²) in [6, 6.07) is 13.4. The summed E-state index contributed by atoms with van der Waals surface area (Å²) in [4.78, 5) is 17.8. The molecule has 2 aliphatic rings. The Balaban J connectivity index is 1.20. The molecular formula is C27H34N6O4S. The zero-order chi connectivity index (χ0) is 26.9. The largest absolute Gasteiger partial charge is 0.493 e. The Hall–Kier alpha value is -3.41. The Labute approximate surface area is 223 Å². The predicted octanol–water partition coefficient (Wildman–Crippen LogP) is 2.98. The fourth-order valence-electron chi connectivity index (χ4n) is 4.99. The standard InChI is InChI=1S/C27H34N6O4S/c1-20-17-21(9-10-25(20)37-16-6-11-31-12-14-32(15-13-31)38(3,35)36)27(34)33-19-22-18-28-30(2)26(22)29-23-7-4-5-8-24(23)33/h4-5,7-10,17-18,29H,6,11-16,19H2,1-3H3. The lowest BCUT2D eigenvalue weighted by molar-refractivity contribution is 0.0985. The molecule has 2 aromatic carbocycles. The van der Waals surface area contributed by atoms with Gasteiger partial charge in [-0.1, -0.05) is 12.1 Å². The number of fused-ring (bicyclic) bond motifs is 2. The SMILES string of the molecule is Cc1cc(C(=O)N2Cc3cnn(C)c3Nc3ccccc32)ccc1OCCCN1CCN(S(C)(=O)=O)CC1. The molecule has 38 heavy (non-hydrogen) atoms. The van der Waals surface area contributed by atoms with Gasteiger partial charge in [-0.3, -0.25) is 9.48 Å². The summed E-state index contributed by atoms with van der Waals surface area (Å²) < 4.78 is 32.7. The van der Waals surface area contributed by atoms with Crippen molar-refractivity contribution in [3.63, 3.8) is 0 Å². The molecule has 1 amide bonds. The highest BCUT2D eigenvalue weighted by Gasteiger charge is 2.27. The molecule has 5 rings (SSSR count). The molecule has 202 valence electrons. The van der Waals surface area contributed by atoms with Crippen LogP contribution in [0.25, 0.3) is 0 Å². The van der Waals surface area contributed by atoms with Gasteiger partial charge in [0.25, 0.3) is 5.91 Å². The third-order valence-corrected chi connectivity index (χ3v) is 8.44. The Morgan fingerprint density at radius 1 is 1.11 bits per heavy atom. The van der Waals surface area contributed by atoms with Gasteiger partial charge in [0.05, 0.1) is 37.0 Å². The topological polar surface area (TPSA) is 100 Å². The van der Waals surface area contributed by atoms with Gasteiger partial charge in [0.15, 0.2) is 0 Å². The smallest absolute Gasteiger partial charge is 0.258 e. The minimum atomic E-state index is -3.11. The summed E-state index contributed by atoms with van der Waals surface area (Å²) >= 11 is 0. The molecule has 11 heteroatoms. The van der Waals surface area contributed by atoms with Gasteiger partial charge >= 0.3 is 0 Å². The maximum absolute atomic E-state index is 13.7. The van der Waals surface area contributed by atoms with Crippen molar-refractivity contribution in [2.24, 2.45) is 7.05 Å². The number of amides is 1. The van der Waals surface area contributed by atoms with Crippen molar-refractivity contribution in [2.45, 2.75) is 19.9 Å². The van der Waals surface area contributed by atoms with Crippen molar-refractivity contribution >= 4 is 33.1 Å². The third kappa shape index (κ3) is 5.54. The lowest BCUT2D eigenvalue weighted by Gasteiger charge is -2.33. The van der Waals surface area contributed by atoms with E-state index in [-0.39, 0.29) is 5.91 Å². The number of para-hydroxylation sites is 2. The van der Waals surface area contributed by atoms with Crippen LogP contribution in [0.5, 0.6) is 5.75 Å². The molecule has 0 radical (unpaired) electrons. The number of nitrogens with zero attached hydrogens (tertiary/aromatic N) is 5. The first-order chi connectivity index (χ1) is 18.2. The normalized spacial score (nSPS) is 16.3. The van der Waals surface area contributed by atoms with Crippen molar-refractivity contribution in [1.29, 1.82) is 0 Å². The molecule has 3 heterocycles. The second-order valence-electron chi connectivity index (χ2n) is 9.86. The molecule has 1 aromatic heterocycles. The van der Waals surface area contributed by atoms with Crippen LogP contribution in [-0.2, 0) is 23.6 Å². The molecule has 1 N–H and O–H groups in total. The van der Waals surface area contributed by atoms with Gasteiger partial charge in [-0.2, -0.15) is 9.40 Å². The molecule has 0 unspecified atom stereocenters. The number of benzene rings is 2. The number of carbonyl (C=O) groups is 1. The van der Waals surface area contributed by atoms with Crippen LogP contribution in [0.1, 0.15) is 27.9 Å². The molecule has 0 aliphatic carbocycles. The maximum Gasteiger partial charge on any atom is 0.258 e. The lowest BCUT2D eigenvalue weighted by Crippen LogP contribution is -2.48. The number of sulfonamides is 1. The van der Waals surface area contributed by atoms with Crippen LogP contribution in [-0.4, -0.2) is 78.9 Å². The molecular weight excluding hydrogens is 504 g/mol. The first-order valence-electron chi connectivity index (χ1n) is 12.8. The number of hydrogen-bond acceptors (Lipinski definition) is 7. The van der Waals surface area contributed by atoms with Crippen LogP contribution in [0.15, 0.2) is 48.7 Å². The van der Waals surface area contributed by atoms with Crippen molar-refractivity contribution in [3.8, 4) is 5.75 Å². The fraction of sp³-hybridized carbons (Fsp3) is 0.407. The van der Waals surface area contributed by atoms with E-state index < -0.39 is 10.0 Å². The highest BCUT2D eigenvalue weighted by atomic mass is 32.2. The molecule has 2 aliphatic heterocycles. The molecule has 10 nitrogen and oxygen atoms in total. The van der Waals surface area contributed by atoms with Gasteiger partial charge in [0.2, 0.25) is 10.0 Å². The molecule has 1 fully saturated rings. The summed E-state index contributed by atoms with van der Waals surface area (Å²) in [5.74, 6) is 1.56. The summed E-state index contributed by atoms with van der Waals surface area (Å²) in [5.41, 5.74) is 4.13. The van der Waals surface area contributed by atoms with Gasteiger partial charge in [-0.05, 0) is 49.2 Å². The Bertz CT molecular complexity index is 1430. The zero-order valence-corrected chi connectivity index (χ0v) is 22.9. The molecule has 0 saturated carbocycles. The van der Waals surface area contributed by atoms with Gasteiger partial charge in [0.1, 0.15) is 11.6 Å². The number of carbonyl (C=O) groups excluding carboxylic acids is 1. The van der Waals surface area contributed by atoms with Crippen molar-refractivity contribution in [2.75, 3.05) is 55.8 Å². The average Bonchev–Trinajstić information content (AvgIpc) is 3.14. The van der Waals surface area contributed by atoms with Crippen LogP contribution >= 0.6 is 0 Å². The molecule has 1 saturated heterocycles. The number of aromatic nitrogens is 2. The number of anilines is 3. The van der Waals surface area contributed by atoms with E-state index in [9.17, 15) is 13.2 Å². The van der Waals surface area contributed by atoms with Gasteiger partial charge in [-0.25, -0.2) is 8.42 Å². The first-order valence-corrected chi connectivity index (χ1v) is 14.7. The van der Waals surface area contributed by atoms with Crippen molar-refractivity contribution < 1.29 is 17.9 Å². The number of aryl methyl sites for hydroxylation is 2. The maximum atomic E-state index is 13.7. The third-order valence-electron chi connectivity index (χ3n) is 7.13. The van der Waals surface area contributed by atoms with Crippen LogP contribution in [0.2, 0.25) is 0 Å². The number of rotatable bonds is 7. The summed E-state index contributed by atoms with van der Waals surface area (Å²) in [5, 5.41) is 7.78. The highest BCUT2D eigenvalue weighted by Crippen LogP contribution is 2.36. The van der Waals surface area contributed by atoms with Crippen LogP contribution < -0.4 is 15.0 Å². The van der Waals surface area contributed by atoms with Gasteiger partial charge in [0, 0.05) is 50.9 Å². The Kier molecular flexibility index (Phi) is 7.42. The van der Waals surface area contributed by atoms with E-state index in [4.69, 9.17) is 4.74 Å². The van der Waals surface area contributed by atoms with Crippen LogP contribution in [0.3, 0.4) is 0 Å². The molecule has 0 atom stereocenters. The monoisotopic (exact) mass is 538 g/mol. The minimum Gasteiger partial charge on any atom is -0.493 e. The van der Waals surface area contributed by atoms with E-state index in [0.29, 0.717) is 31.8 Å². The number of hydrogen-bond donors (Lipinski definition) is 1. The van der Waals surface area contributed by atoms with Crippen molar-refractivity contribution in [3.05, 3.63) is 65.4 Å². The highest BCUT2D eigenvalue weighted by molar-refractivity contribution is 7.88. The zero-order valence-electron chi connectivity index (χ0n) is 22.1. The van der Waals surface area contributed by atoms with E-state index in [2.05, 4.69) is 15.3 Å². The van der Waals surface area contributed by atoms with Gasteiger partial charge in [-0.15, -0.1) is 0 Å². The van der Waals surface area contributed by atoms with Gasteiger partial charge < -0.3 is 19.9 Å². The average molecular weight is 539 g/mol. The van der Waals surface area contributed by atoms with Crippen molar-refractivity contribution in [1.82, 2.24) is 19.0 Å². The molecule has 0 spiro atoms. The number of nitrogens with one attached hydrogen (secondary N) is 1. The summed E-state index contributed by atoms with van der Waals surface area (Å²) in [6.07, 6.45) is 3.89. The number of piperazine rings is 1. The quantitative estimate of drug-likeness (QED) is 0.462. The Morgan fingerprint density at radius 3 is 2.61 bits per heavy atom. The first kappa shape index (κ1) is 26.2. The second kappa shape index (κ2) is 10.8. The summed E-state index contributed by atoms with van der Waals surface area (Å²) in [7, 11) is -1.23. The number of ether oxygens (including phenoxy) is 1.